The third-order valence-electron chi connectivity index (χ3n) is 3.48. The molecule has 0 bridgehead atoms. The first-order valence-electron chi connectivity index (χ1n) is 6.52. The molecule has 1 aromatic rings. The summed E-state index contributed by atoms with van der Waals surface area (Å²) in [7, 11) is 0. The van der Waals surface area contributed by atoms with Crippen molar-refractivity contribution in [2.24, 2.45) is 5.84 Å². The summed E-state index contributed by atoms with van der Waals surface area (Å²) in [4.78, 5) is 9.94. The van der Waals surface area contributed by atoms with E-state index in [4.69, 9.17) is 5.84 Å². The van der Waals surface area contributed by atoms with Crippen LogP contribution in [0.2, 0.25) is 0 Å². The predicted octanol–water partition coefficient (Wildman–Crippen LogP) is 2.06. The van der Waals surface area contributed by atoms with Gasteiger partial charge in [0.15, 0.2) is 11.6 Å². The van der Waals surface area contributed by atoms with E-state index in [9.17, 15) is 4.39 Å². The van der Waals surface area contributed by atoms with Crippen LogP contribution in [0.1, 0.15) is 39.0 Å². The fraction of sp³-hybridized carbons (Fsp3) is 0.667. The maximum Gasteiger partial charge on any atom is 0.239 e. The van der Waals surface area contributed by atoms with Gasteiger partial charge < -0.3 is 4.90 Å². The normalized spacial score (nSPS) is 16.6. The maximum atomic E-state index is 13.9. The first kappa shape index (κ1) is 13.0. The van der Waals surface area contributed by atoms with E-state index in [1.165, 1.54) is 25.5 Å². The van der Waals surface area contributed by atoms with E-state index in [-0.39, 0.29) is 11.8 Å². The van der Waals surface area contributed by atoms with Gasteiger partial charge in [0.25, 0.3) is 0 Å². The molecule has 18 heavy (non-hydrogen) atoms. The number of rotatable bonds is 4. The third kappa shape index (κ3) is 2.69. The molecule has 0 amide bonds. The molecule has 1 heterocycles. The summed E-state index contributed by atoms with van der Waals surface area (Å²) in [6, 6.07) is 0.374. The molecule has 6 heteroatoms. The molecule has 0 aromatic carbocycles. The lowest BCUT2D eigenvalue weighted by atomic mass is 9.94. The van der Waals surface area contributed by atoms with Gasteiger partial charge in [-0.25, -0.2) is 15.2 Å². The molecular formula is C12H20FN5. The van der Waals surface area contributed by atoms with Crippen molar-refractivity contribution in [3.63, 3.8) is 0 Å². The monoisotopic (exact) mass is 253 g/mol. The second kappa shape index (κ2) is 5.95. The summed E-state index contributed by atoms with van der Waals surface area (Å²) in [5.41, 5.74) is 2.36. The highest BCUT2D eigenvalue weighted by Crippen LogP contribution is 2.27. The highest BCUT2D eigenvalue weighted by Gasteiger charge is 2.23. The summed E-state index contributed by atoms with van der Waals surface area (Å²) >= 11 is 0. The zero-order valence-corrected chi connectivity index (χ0v) is 10.7. The molecule has 0 spiro atoms. The number of nitrogens with zero attached hydrogens (tertiary/aromatic N) is 3. The summed E-state index contributed by atoms with van der Waals surface area (Å²) in [5, 5.41) is 0. The molecule has 1 saturated carbocycles. The number of nitrogen functional groups attached to an aromatic ring is 1. The van der Waals surface area contributed by atoms with Crippen molar-refractivity contribution in [2.75, 3.05) is 16.9 Å². The molecule has 0 saturated heterocycles. The average Bonchev–Trinajstić information content (AvgIpc) is 2.43. The van der Waals surface area contributed by atoms with E-state index >= 15 is 0 Å². The van der Waals surface area contributed by atoms with Gasteiger partial charge in [-0.15, -0.1) is 0 Å². The van der Waals surface area contributed by atoms with Crippen LogP contribution in [0.5, 0.6) is 0 Å². The van der Waals surface area contributed by atoms with Crippen LogP contribution >= 0.6 is 0 Å². The van der Waals surface area contributed by atoms with Crippen molar-refractivity contribution in [3.05, 3.63) is 12.0 Å². The topological polar surface area (TPSA) is 67.1 Å². The molecule has 5 nitrogen and oxygen atoms in total. The van der Waals surface area contributed by atoms with Crippen molar-refractivity contribution in [3.8, 4) is 0 Å². The zero-order chi connectivity index (χ0) is 13.0. The Hall–Kier alpha value is -1.43. The number of aromatic nitrogens is 2. The Morgan fingerprint density at radius 3 is 2.78 bits per heavy atom. The number of nitrogens with two attached hydrogens (primary N) is 1. The lowest BCUT2D eigenvalue weighted by Gasteiger charge is -2.34. The number of anilines is 2. The van der Waals surface area contributed by atoms with Crippen LogP contribution in [-0.4, -0.2) is 22.6 Å². The van der Waals surface area contributed by atoms with Gasteiger partial charge in [-0.1, -0.05) is 19.3 Å². The van der Waals surface area contributed by atoms with E-state index in [1.54, 1.807) is 0 Å². The van der Waals surface area contributed by atoms with Crippen molar-refractivity contribution in [2.45, 2.75) is 45.1 Å². The summed E-state index contributed by atoms with van der Waals surface area (Å²) in [6.45, 7) is 2.76. The molecule has 0 radical (unpaired) electrons. The predicted molar refractivity (Wildman–Crippen MR) is 69.7 cm³/mol. The largest absolute Gasteiger partial charge is 0.351 e. The smallest absolute Gasteiger partial charge is 0.239 e. The molecule has 0 aliphatic heterocycles. The van der Waals surface area contributed by atoms with Crippen LogP contribution in [0.3, 0.4) is 0 Å². The molecule has 0 unspecified atom stereocenters. The molecule has 2 rings (SSSR count). The van der Waals surface area contributed by atoms with Crippen LogP contribution in [0, 0.1) is 5.82 Å². The van der Waals surface area contributed by atoms with Gasteiger partial charge >= 0.3 is 0 Å². The Morgan fingerprint density at radius 2 is 2.17 bits per heavy atom. The van der Waals surface area contributed by atoms with Crippen LogP contribution in [0.15, 0.2) is 6.20 Å². The number of nitrogens with one attached hydrogen (secondary N) is 1. The van der Waals surface area contributed by atoms with Gasteiger partial charge in [0.2, 0.25) is 5.95 Å². The van der Waals surface area contributed by atoms with Crippen LogP contribution in [0.4, 0.5) is 16.2 Å². The molecule has 1 aliphatic carbocycles. The summed E-state index contributed by atoms with van der Waals surface area (Å²) in [5.74, 6) is 5.49. The average molecular weight is 253 g/mol. The Bertz CT molecular complexity index is 392. The van der Waals surface area contributed by atoms with Crippen molar-refractivity contribution >= 4 is 11.8 Å². The van der Waals surface area contributed by atoms with Crippen molar-refractivity contribution in [1.82, 2.24) is 9.97 Å². The van der Waals surface area contributed by atoms with Gasteiger partial charge in [0.1, 0.15) is 0 Å². The standard InChI is InChI=1S/C12H20FN5/c1-2-18(9-6-4-3-5-7-9)11-10(13)8-15-12(16-11)17-14/h8-9H,2-7,14H2,1H3,(H,15,16,17). The van der Waals surface area contributed by atoms with E-state index < -0.39 is 0 Å². The Labute approximate surface area is 107 Å². The van der Waals surface area contributed by atoms with E-state index in [2.05, 4.69) is 15.4 Å². The molecule has 0 atom stereocenters. The minimum Gasteiger partial charge on any atom is -0.351 e. The first-order valence-corrected chi connectivity index (χ1v) is 6.52. The molecular weight excluding hydrogens is 233 g/mol. The van der Waals surface area contributed by atoms with Gasteiger partial charge in [0.05, 0.1) is 6.20 Å². The minimum absolute atomic E-state index is 0.251. The SMILES string of the molecule is CCN(c1nc(NN)ncc1F)C1CCCCC1. The number of hydrogen-bond donors (Lipinski definition) is 2. The fourth-order valence-corrected chi connectivity index (χ4v) is 2.60. The summed E-state index contributed by atoms with van der Waals surface area (Å²) < 4.78 is 13.9. The highest BCUT2D eigenvalue weighted by atomic mass is 19.1. The quantitative estimate of drug-likeness (QED) is 0.635. The second-order valence-corrected chi connectivity index (χ2v) is 4.59. The Kier molecular flexibility index (Phi) is 4.30. The second-order valence-electron chi connectivity index (χ2n) is 4.59. The minimum atomic E-state index is -0.388. The van der Waals surface area contributed by atoms with E-state index in [0.29, 0.717) is 11.9 Å². The Balaban J connectivity index is 2.25. The van der Waals surface area contributed by atoms with Crippen LogP contribution in [-0.2, 0) is 0 Å². The van der Waals surface area contributed by atoms with Gasteiger partial charge in [0, 0.05) is 12.6 Å². The number of hydrazine groups is 1. The van der Waals surface area contributed by atoms with E-state index in [1.807, 2.05) is 11.8 Å². The van der Waals surface area contributed by atoms with Gasteiger partial charge in [-0.2, -0.15) is 4.98 Å². The number of halogens is 1. The summed E-state index contributed by atoms with van der Waals surface area (Å²) in [6.07, 6.45) is 7.05. The van der Waals surface area contributed by atoms with Crippen molar-refractivity contribution in [1.29, 1.82) is 0 Å². The van der Waals surface area contributed by atoms with Crippen LogP contribution < -0.4 is 16.2 Å². The molecule has 1 aromatic heterocycles. The zero-order valence-electron chi connectivity index (χ0n) is 10.7. The fourth-order valence-electron chi connectivity index (χ4n) is 2.60. The maximum absolute atomic E-state index is 13.9. The Morgan fingerprint density at radius 1 is 1.44 bits per heavy atom. The van der Waals surface area contributed by atoms with Gasteiger partial charge in [-0.05, 0) is 19.8 Å². The van der Waals surface area contributed by atoms with Crippen LogP contribution in [0.25, 0.3) is 0 Å². The third-order valence-corrected chi connectivity index (χ3v) is 3.48. The molecule has 3 N–H and O–H groups in total. The highest BCUT2D eigenvalue weighted by molar-refractivity contribution is 5.44. The molecule has 1 aliphatic rings. The first-order chi connectivity index (χ1) is 8.76. The van der Waals surface area contributed by atoms with Gasteiger partial charge in [-0.3, -0.25) is 5.43 Å². The van der Waals surface area contributed by atoms with E-state index in [0.717, 1.165) is 19.4 Å². The lowest BCUT2D eigenvalue weighted by Crippen LogP contribution is -2.38. The lowest BCUT2D eigenvalue weighted by molar-refractivity contribution is 0.412. The van der Waals surface area contributed by atoms with Crippen molar-refractivity contribution < 1.29 is 4.39 Å². The number of hydrogen-bond acceptors (Lipinski definition) is 5. The molecule has 1 fully saturated rings. The molecule has 100 valence electrons.